The highest BCUT2D eigenvalue weighted by molar-refractivity contribution is 14.1. The average Bonchev–Trinajstić information content (AvgIpc) is 2.34. The molecule has 0 unspecified atom stereocenters. The zero-order valence-corrected chi connectivity index (χ0v) is 12.5. The molecule has 0 aliphatic rings. The summed E-state index contributed by atoms with van der Waals surface area (Å²) in [4.78, 5) is 15.9. The number of aromatic nitrogens is 1. The summed E-state index contributed by atoms with van der Waals surface area (Å²) in [5, 5.41) is 3.19. The number of anilines is 1. The van der Waals surface area contributed by atoms with Gasteiger partial charge in [0.2, 0.25) is 0 Å². The third kappa shape index (κ3) is 3.00. The molecule has 1 aromatic carbocycles. The van der Waals surface area contributed by atoms with Gasteiger partial charge in [-0.25, -0.2) is 0 Å². The third-order valence-corrected chi connectivity index (χ3v) is 3.93. The van der Waals surface area contributed by atoms with E-state index in [2.05, 4.69) is 32.9 Å². The molecule has 0 bridgehead atoms. The number of nitrogens with zero attached hydrogens (tertiary/aromatic N) is 1. The highest BCUT2D eigenvalue weighted by Gasteiger charge is 2.10. The van der Waals surface area contributed by atoms with E-state index in [0.29, 0.717) is 10.6 Å². The Labute approximate surface area is 124 Å². The molecule has 92 valence electrons. The first kappa shape index (κ1) is 13.3. The average molecular weight is 373 g/mol. The Bertz CT molecular complexity index is 601. The lowest BCUT2D eigenvalue weighted by Gasteiger charge is -2.07. The Morgan fingerprint density at radius 1 is 1.39 bits per heavy atom. The van der Waals surface area contributed by atoms with Crippen molar-refractivity contribution in [2.24, 2.45) is 0 Å². The number of nitrogens with one attached hydrogen (secondary N) is 1. The Morgan fingerprint density at radius 3 is 2.83 bits per heavy atom. The fraction of sp³-hybridized carbons (Fsp3) is 0.0769. The Morgan fingerprint density at radius 2 is 2.17 bits per heavy atom. The molecule has 2 rings (SSSR count). The molecule has 1 N–H and O–H groups in total. The number of aryl methyl sites for hydroxylation is 1. The number of benzene rings is 1. The van der Waals surface area contributed by atoms with Crippen molar-refractivity contribution in [3.05, 3.63) is 56.4 Å². The van der Waals surface area contributed by atoms with E-state index in [0.717, 1.165) is 9.26 Å². The van der Waals surface area contributed by atoms with Gasteiger partial charge in [0.25, 0.3) is 5.91 Å². The molecule has 1 aromatic heterocycles. The third-order valence-electron chi connectivity index (χ3n) is 2.44. The molecule has 0 atom stereocenters. The summed E-state index contributed by atoms with van der Waals surface area (Å²) < 4.78 is 1.10. The van der Waals surface area contributed by atoms with E-state index in [1.807, 2.05) is 25.1 Å². The molecule has 0 saturated heterocycles. The van der Waals surface area contributed by atoms with Gasteiger partial charge in [-0.2, -0.15) is 0 Å². The molecule has 5 heteroatoms. The first-order chi connectivity index (χ1) is 8.58. The van der Waals surface area contributed by atoms with E-state index in [4.69, 9.17) is 11.6 Å². The molecule has 18 heavy (non-hydrogen) atoms. The van der Waals surface area contributed by atoms with E-state index in [-0.39, 0.29) is 5.91 Å². The van der Waals surface area contributed by atoms with Gasteiger partial charge in [0.05, 0.1) is 10.6 Å². The predicted molar refractivity (Wildman–Crippen MR) is 81.1 cm³/mol. The number of pyridine rings is 1. The van der Waals surface area contributed by atoms with Crippen LogP contribution in [0.15, 0.2) is 36.7 Å². The van der Waals surface area contributed by atoms with Gasteiger partial charge >= 0.3 is 0 Å². The quantitative estimate of drug-likeness (QED) is 0.813. The second-order valence-corrected chi connectivity index (χ2v) is 5.34. The van der Waals surface area contributed by atoms with Gasteiger partial charge in [0.1, 0.15) is 0 Å². The number of rotatable bonds is 2. The van der Waals surface area contributed by atoms with Gasteiger partial charge in [-0.15, -0.1) is 0 Å². The Balaban J connectivity index is 2.22. The van der Waals surface area contributed by atoms with Crippen molar-refractivity contribution < 1.29 is 4.79 Å². The fourth-order valence-corrected chi connectivity index (χ4v) is 2.12. The Hall–Kier alpha value is -1.14. The van der Waals surface area contributed by atoms with Gasteiger partial charge in [-0.3, -0.25) is 9.78 Å². The van der Waals surface area contributed by atoms with Crippen molar-refractivity contribution >= 4 is 45.8 Å². The number of hydrogen-bond acceptors (Lipinski definition) is 2. The lowest BCUT2D eigenvalue weighted by Crippen LogP contribution is -2.12. The SMILES string of the molecule is Cc1ccc(NC(=O)c2cnccc2Cl)cc1I. The zero-order valence-electron chi connectivity index (χ0n) is 9.58. The predicted octanol–water partition coefficient (Wildman–Crippen LogP) is 3.90. The molecule has 3 nitrogen and oxygen atoms in total. The second kappa shape index (κ2) is 5.67. The monoisotopic (exact) mass is 372 g/mol. The van der Waals surface area contributed by atoms with Crippen LogP contribution in [0.25, 0.3) is 0 Å². The van der Waals surface area contributed by atoms with Gasteiger partial charge in [-0.05, 0) is 53.3 Å². The Kier molecular flexibility index (Phi) is 4.19. The molecule has 0 aliphatic heterocycles. The highest BCUT2D eigenvalue weighted by atomic mass is 127. The molecule has 1 heterocycles. The smallest absolute Gasteiger partial charge is 0.258 e. The standard InChI is InChI=1S/C13H10ClIN2O/c1-8-2-3-9(6-12(8)15)17-13(18)10-7-16-5-4-11(10)14/h2-7H,1H3,(H,17,18). The van der Waals surface area contributed by atoms with Crippen LogP contribution in [0.3, 0.4) is 0 Å². The van der Waals surface area contributed by atoms with Crippen LogP contribution >= 0.6 is 34.2 Å². The van der Waals surface area contributed by atoms with E-state index in [1.165, 1.54) is 11.8 Å². The highest BCUT2D eigenvalue weighted by Crippen LogP contribution is 2.19. The number of carbonyl (C=O) groups excluding carboxylic acids is 1. The van der Waals surface area contributed by atoms with Crippen molar-refractivity contribution in [2.45, 2.75) is 6.92 Å². The summed E-state index contributed by atoms with van der Waals surface area (Å²) in [6.07, 6.45) is 3.00. The molecular weight excluding hydrogens is 363 g/mol. The van der Waals surface area contributed by atoms with Crippen LogP contribution in [-0.4, -0.2) is 10.9 Å². The van der Waals surface area contributed by atoms with Crippen molar-refractivity contribution in [1.82, 2.24) is 4.98 Å². The summed E-state index contributed by atoms with van der Waals surface area (Å²) in [5.41, 5.74) is 2.29. The molecule has 0 fully saturated rings. The second-order valence-electron chi connectivity index (χ2n) is 3.77. The normalized spacial score (nSPS) is 10.2. The summed E-state index contributed by atoms with van der Waals surface area (Å²) >= 11 is 8.17. The number of halogens is 2. The molecular formula is C13H10ClIN2O. The van der Waals surface area contributed by atoms with Crippen LogP contribution in [0.1, 0.15) is 15.9 Å². The number of carbonyl (C=O) groups is 1. The minimum atomic E-state index is -0.257. The van der Waals surface area contributed by atoms with Gasteiger partial charge < -0.3 is 5.32 Å². The first-order valence-corrected chi connectivity index (χ1v) is 6.70. The van der Waals surface area contributed by atoms with E-state index >= 15 is 0 Å². The largest absolute Gasteiger partial charge is 0.322 e. The van der Waals surface area contributed by atoms with Gasteiger partial charge in [0, 0.05) is 21.7 Å². The minimum absolute atomic E-state index is 0.257. The van der Waals surface area contributed by atoms with Crippen LogP contribution in [0.2, 0.25) is 5.02 Å². The topological polar surface area (TPSA) is 42.0 Å². The van der Waals surface area contributed by atoms with Gasteiger partial charge in [-0.1, -0.05) is 17.7 Å². The maximum absolute atomic E-state index is 12.0. The van der Waals surface area contributed by atoms with Crippen LogP contribution in [-0.2, 0) is 0 Å². The molecule has 0 radical (unpaired) electrons. The summed E-state index contributed by atoms with van der Waals surface area (Å²) in [6, 6.07) is 7.33. The van der Waals surface area contributed by atoms with Crippen LogP contribution in [0.5, 0.6) is 0 Å². The van der Waals surface area contributed by atoms with Crippen LogP contribution < -0.4 is 5.32 Å². The minimum Gasteiger partial charge on any atom is -0.322 e. The number of hydrogen-bond donors (Lipinski definition) is 1. The molecule has 0 aliphatic carbocycles. The fourth-order valence-electron chi connectivity index (χ4n) is 1.41. The maximum atomic E-state index is 12.0. The number of amides is 1. The lowest BCUT2D eigenvalue weighted by molar-refractivity contribution is 0.102. The zero-order chi connectivity index (χ0) is 13.1. The molecule has 0 saturated carbocycles. The maximum Gasteiger partial charge on any atom is 0.258 e. The summed E-state index contributed by atoms with van der Waals surface area (Å²) in [7, 11) is 0. The van der Waals surface area contributed by atoms with E-state index < -0.39 is 0 Å². The van der Waals surface area contributed by atoms with Crippen molar-refractivity contribution in [2.75, 3.05) is 5.32 Å². The van der Waals surface area contributed by atoms with E-state index in [9.17, 15) is 4.79 Å². The first-order valence-electron chi connectivity index (χ1n) is 5.25. The van der Waals surface area contributed by atoms with Crippen molar-refractivity contribution in [1.29, 1.82) is 0 Å². The van der Waals surface area contributed by atoms with Crippen LogP contribution in [0, 0.1) is 10.5 Å². The van der Waals surface area contributed by atoms with Gasteiger partial charge in [0.15, 0.2) is 0 Å². The van der Waals surface area contributed by atoms with Crippen molar-refractivity contribution in [3.63, 3.8) is 0 Å². The van der Waals surface area contributed by atoms with Crippen LogP contribution in [0.4, 0.5) is 5.69 Å². The summed E-state index contributed by atoms with van der Waals surface area (Å²) in [6.45, 7) is 2.02. The molecule has 1 amide bonds. The molecule has 2 aromatic rings. The molecule has 0 spiro atoms. The summed E-state index contributed by atoms with van der Waals surface area (Å²) in [5.74, 6) is -0.257. The van der Waals surface area contributed by atoms with Crippen molar-refractivity contribution in [3.8, 4) is 0 Å². The van der Waals surface area contributed by atoms with E-state index in [1.54, 1.807) is 12.3 Å². The lowest BCUT2D eigenvalue weighted by atomic mass is 10.2.